The third-order valence-corrected chi connectivity index (χ3v) is 5.85. The summed E-state index contributed by atoms with van der Waals surface area (Å²) in [4.78, 5) is 14.7. The average molecular weight is 466 g/mol. The highest BCUT2D eigenvalue weighted by molar-refractivity contribution is 6.04. The van der Waals surface area contributed by atoms with Crippen LogP contribution in [0.5, 0.6) is 11.5 Å². The minimum Gasteiger partial charge on any atom is -0.493 e. The molecule has 1 aromatic heterocycles. The number of ether oxygens (including phenoxy) is 2. The molecule has 1 N–H and O–H groups in total. The number of hydrogen-bond acceptors (Lipinski definition) is 6. The minimum atomic E-state index is -0.451. The van der Waals surface area contributed by atoms with Crippen LogP contribution in [0.4, 0.5) is 15.8 Å². The first-order valence-electron chi connectivity index (χ1n) is 11.2. The highest BCUT2D eigenvalue weighted by atomic mass is 19.1. The Labute approximate surface area is 198 Å². The number of aryl methyl sites for hydroxylation is 2. The largest absolute Gasteiger partial charge is 0.493 e. The fraction of sp³-hybridized carbons (Fsp3) is 0.308. The van der Waals surface area contributed by atoms with Crippen LogP contribution in [0.1, 0.15) is 35.4 Å². The van der Waals surface area contributed by atoms with Gasteiger partial charge < -0.3 is 24.2 Å². The summed E-state index contributed by atoms with van der Waals surface area (Å²) in [5.41, 5.74) is 3.33. The maximum Gasteiger partial charge on any atom is 0.248 e. The van der Waals surface area contributed by atoms with Crippen LogP contribution >= 0.6 is 0 Å². The van der Waals surface area contributed by atoms with Gasteiger partial charge in [0.25, 0.3) is 0 Å². The Kier molecular flexibility index (Phi) is 7.15. The van der Waals surface area contributed by atoms with Crippen molar-refractivity contribution in [3.63, 3.8) is 0 Å². The molecule has 0 saturated carbocycles. The highest BCUT2D eigenvalue weighted by Crippen LogP contribution is 2.32. The predicted octanol–water partition coefficient (Wildman–Crippen LogP) is 5.27. The van der Waals surface area contributed by atoms with E-state index >= 15 is 0 Å². The molecule has 4 rings (SSSR count). The van der Waals surface area contributed by atoms with E-state index in [1.54, 1.807) is 31.4 Å². The molecule has 1 fully saturated rings. The summed E-state index contributed by atoms with van der Waals surface area (Å²) in [6.45, 7) is 5.71. The maximum atomic E-state index is 14.5. The van der Waals surface area contributed by atoms with E-state index in [1.807, 2.05) is 26.0 Å². The molecule has 34 heavy (non-hydrogen) atoms. The summed E-state index contributed by atoms with van der Waals surface area (Å²) in [7, 11) is 1.55. The van der Waals surface area contributed by atoms with Gasteiger partial charge >= 0.3 is 0 Å². The molecule has 0 unspecified atom stereocenters. The lowest BCUT2D eigenvalue weighted by atomic mass is 10.1. The monoisotopic (exact) mass is 465 g/mol. The van der Waals surface area contributed by atoms with Crippen molar-refractivity contribution >= 4 is 23.4 Å². The van der Waals surface area contributed by atoms with Gasteiger partial charge in [-0.2, -0.15) is 0 Å². The van der Waals surface area contributed by atoms with E-state index in [1.165, 1.54) is 12.1 Å². The molecule has 7 nitrogen and oxygen atoms in total. The van der Waals surface area contributed by atoms with Crippen LogP contribution in [0, 0.1) is 19.7 Å². The van der Waals surface area contributed by atoms with Crippen molar-refractivity contribution in [3.05, 3.63) is 70.9 Å². The third kappa shape index (κ3) is 5.22. The number of nitrogens with one attached hydrogen (secondary N) is 1. The van der Waals surface area contributed by atoms with Crippen LogP contribution in [-0.4, -0.2) is 31.3 Å². The summed E-state index contributed by atoms with van der Waals surface area (Å²) in [6, 6.07) is 10.2. The molecule has 0 atom stereocenters. The van der Waals surface area contributed by atoms with Crippen molar-refractivity contribution in [2.75, 3.05) is 30.4 Å². The van der Waals surface area contributed by atoms with Gasteiger partial charge in [0.15, 0.2) is 11.5 Å². The van der Waals surface area contributed by atoms with Gasteiger partial charge in [-0.1, -0.05) is 17.3 Å². The zero-order valence-corrected chi connectivity index (χ0v) is 19.6. The molecular formula is C26H28FN3O4. The van der Waals surface area contributed by atoms with E-state index in [-0.39, 0.29) is 5.69 Å². The van der Waals surface area contributed by atoms with E-state index in [2.05, 4.69) is 15.4 Å². The lowest BCUT2D eigenvalue weighted by molar-refractivity contribution is -0.111. The van der Waals surface area contributed by atoms with Crippen LogP contribution in [0.25, 0.3) is 6.08 Å². The Morgan fingerprint density at radius 2 is 2.00 bits per heavy atom. The molecule has 178 valence electrons. The van der Waals surface area contributed by atoms with E-state index in [4.69, 9.17) is 14.0 Å². The second-order valence-electron chi connectivity index (χ2n) is 8.15. The number of aromatic nitrogens is 1. The second kappa shape index (κ2) is 10.4. The van der Waals surface area contributed by atoms with Crippen LogP contribution in [0.3, 0.4) is 0 Å². The smallest absolute Gasteiger partial charge is 0.248 e. The summed E-state index contributed by atoms with van der Waals surface area (Å²) >= 11 is 0. The molecule has 0 spiro atoms. The number of methoxy groups -OCH3 is 1. The van der Waals surface area contributed by atoms with Crippen molar-refractivity contribution in [3.8, 4) is 11.5 Å². The van der Waals surface area contributed by atoms with Crippen LogP contribution in [0.2, 0.25) is 0 Å². The molecule has 1 amide bonds. The van der Waals surface area contributed by atoms with Crippen LogP contribution in [0.15, 0.2) is 47.0 Å². The molecule has 8 heteroatoms. The van der Waals surface area contributed by atoms with E-state index < -0.39 is 11.7 Å². The van der Waals surface area contributed by atoms with E-state index in [0.29, 0.717) is 29.6 Å². The number of halogens is 1. The number of amides is 1. The Morgan fingerprint density at radius 3 is 2.71 bits per heavy atom. The van der Waals surface area contributed by atoms with Gasteiger partial charge in [-0.25, -0.2) is 4.39 Å². The summed E-state index contributed by atoms with van der Waals surface area (Å²) in [5.74, 6) is 0.936. The molecule has 1 saturated heterocycles. The van der Waals surface area contributed by atoms with Gasteiger partial charge in [0, 0.05) is 19.2 Å². The first-order valence-corrected chi connectivity index (χ1v) is 11.2. The lowest BCUT2D eigenvalue weighted by Crippen LogP contribution is -2.21. The topological polar surface area (TPSA) is 76.8 Å². The molecule has 2 heterocycles. The summed E-state index contributed by atoms with van der Waals surface area (Å²) in [5, 5.41) is 6.63. The predicted molar refractivity (Wildman–Crippen MR) is 129 cm³/mol. The number of para-hydroxylation sites is 1. The second-order valence-corrected chi connectivity index (χ2v) is 8.15. The van der Waals surface area contributed by atoms with Gasteiger partial charge in [0.1, 0.15) is 23.9 Å². The molecule has 2 aromatic carbocycles. The van der Waals surface area contributed by atoms with Crippen molar-refractivity contribution in [1.82, 2.24) is 5.16 Å². The minimum absolute atomic E-state index is 0.208. The molecule has 1 aliphatic heterocycles. The molecule has 0 bridgehead atoms. The molecular weight excluding hydrogens is 437 g/mol. The first kappa shape index (κ1) is 23.4. The average Bonchev–Trinajstić information content (AvgIpc) is 3.48. The Bertz CT molecular complexity index is 1180. The Balaban J connectivity index is 1.44. The zero-order chi connectivity index (χ0) is 24.1. The molecule has 0 radical (unpaired) electrons. The number of nitrogens with zero attached hydrogens (tertiary/aromatic N) is 2. The van der Waals surface area contributed by atoms with Gasteiger partial charge in [-0.15, -0.1) is 0 Å². The zero-order valence-electron chi connectivity index (χ0n) is 19.6. The number of rotatable bonds is 8. The lowest BCUT2D eigenvalue weighted by Gasteiger charge is -2.21. The number of hydrogen-bond donors (Lipinski definition) is 1. The first-order chi connectivity index (χ1) is 16.5. The number of anilines is 2. The fourth-order valence-electron chi connectivity index (χ4n) is 3.96. The Hall–Kier alpha value is -3.81. The van der Waals surface area contributed by atoms with E-state index in [0.717, 1.165) is 42.8 Å². The SMILES string of the molecule is COc1cc(/C=C/C(=O)Nc2c(F)cccc2N2CCCC2)ccc1OCc1c(C)noc1C. The molecule has 3 aromatic rings. The van der Waals surface area contributed by atoms with Gasteiger partial charge in [0.05, 0.1) is 24.1 Å². The number of carbonyl (C=O) groups is 1. The summed E-state index contributed by atoms with van der Waals surface area (Å²) < 4.78 is 31.0. The van der Waals surface area contributed by atoms with Gasteiger partial charge in [-0.3, -0.25) is 4.79 Å². The fourth-order valence-corrected chi connectivity index (χ4v) is 3.96. The maximum absolute atomic E-state index is 14.5. The standard InChI is InChI=1S/C26H28FN3O4/c1-17-20(18(2)34-29-17)16-33-23-11-9-19(15-24(23)32-3)10-12-25(31)28-26-21(27)7-6-8-22(26)30-13-4-5-14-30/h6-12,15H,4-5,13-14,16H2,1-3H3,(H,28,31)/b12-10+. The van der Waals surface area contributed by atoms with Crippen LogP contribution < -0.4 is 19.7 Å². The quantitative estimate of drug-likeness (QED) is 0.457. The van der Waals surface area contributed by atoms with Crippen molar-refractivity contribution < 1.29 is 23.2 Å². The molecule has 0 aliphatic carbocycles. The van der Waals surface area contributed by atoms with Gasteiger partial charge in [0.2, 0.25) is 5.91 Å². The molecule has 1 aliphatic rings. The summed E-state index contributed by atoms with van der Waals surface area (Å²) in [6.07, 6.45) is 5.14. The van der Waals surface area contributed by atoms with Crippen LogP contribution in [-0.2, 0) is 11.4 Å². The number of benzene rings is 2. The number of carbonyl (C=O) groups excluding carboxylic acids is 1. The van der Waals surface area contributed by atoms with E-state index in [9.17, 15) is 9.18 Å². The Morgan fingerprint density at radius 1 is 1.21 bits per heavy atom. The van der Waals surface area contributed by atoms with Crippen molar-refractivity contribution in [2.24, 2.45) is 0 Å². The van der Waals surface area contributed by atoms with Crippen molar-refractivity contribution in [2.45, 2.75) is 33.3 Å². The van der Waals surface area contributed by atoms with Crippen molar-refractivity contribution in [1.29, 1.82) is 0 Å². The normalized spacial score (nSPS) is 13.5. The van der Waals surface area contributed by atoms with Gasteiger partial charge in [-0.05, 0) is 62.6 Å². The third-order valence-electron chi connectivity index (χ3n) is 5.85. The highest BCUT2D eigenvalue weighted by Gasteiger charge is 2.19.